The zero-order valence-electron chi connectivity index (χ0n) is 18.2. The summed E-state index contributed by atoms with van der Waals surface area (Å²) in [6, 6.07) is 0. The van der Waals surface area contributed by atoms with Crippen LogP contribution in [0.2, 0.25) is 0 Å². The minimum absolute atomic E-state index is 1.37. The molecule has 0 saturated carbocycles. The fourth-order valence-corrected chi connectivity index (χ4v) is 2.97. The van der Waals surface area contributed by atoms with Gasteiger partial charge in [-0.05, 0) is 21.1 Å². The predicted octanol–water partition coefficient (Wildman–Crippen LogP) is 8.23. The maximum absolute atomic E-state index is 2.30. The second-order valence-electron chi connectivity index (χ2n) is 8.00. The van der Waals surface area contributed by atoms with Gasteiger partial charge in [0.25, 0.3) is 0 Å². The summed E-state index contributed by atoms with van der Waals surface area (Å²) in [5.74, 6) is 0. The van der Waals surface area contributed by atoms with Gasteiger partial charge in [-0.3, -0.25) is 0 Å². The molecule has 0 spiro atoms. The van der Waals surface area contributed by atoms with Crippen LogP contribution in [0.4, 0.5) is 0 Å². The zero-order valence-corrected chi connectivity index (χ0v) is 18.2. The third-order valence-electron chi connectivity index (χ3n) is 4.46. The van der Waals surface area contributed by atoms with Crippen molar-refractivity contribution in [3.05, 3.63) is 0 Å². The van der Waals surface area contributed by atoms with Crippen molar-refractivity contribution in [3.8, 4) is 0 Å². The van der Waals surface area contributed by atoms with Crippen LogP contribution in [0.5, 0.6) is 0 Å². The Balaban J connectivity index is 0. The van der Waals surface area contributed by atoms with Gasteiger partial charge in [-0.2, -0.15) is 0 Å². The van der Waals surface area contributed by atoms with E-state index in [0.717, 1.165) is 0 Å². The molecule has 1 nitrogen and oxygen atoms in total. The summed E-state index contributed by atoms with van der Waals surface area (Å²) in [6.45, 7) is 4.59. The average Bonchev–Trinajstić information content (AvgIpc) is 2.54. The van der Waals surface area contributed by atoms with Crippen molar-refractivity contribution < 1.29 is 0 Å². The van der Waals surface area contributed by atoms with Crippen LogP contribution < -0.4 is 0 Å². The Bertz CT molecular complexity index is 168. The maximum atomic E-state index is 2.30. The largest absolute Gasteiger partial charge is 0.312 e. The molecule has 0 N–H and O–H groups in total. The summed E-state index contributed by atoms with van der Waals surface area (Å²) in [7, 11) is 6.00. The molecule has 0 aromatic rings. The second-order valence-corrected chi connectivity index (χ2v) is 8.00. The van der Waals surface area contributed by atoms with E-state index in [0.29, 0.717) is 0 Å². The summed E-state index contributed by atoms with van der Waals surface area (Å²) >= 11 is 0. The molecule has 0 amide bonds. The molecule has 0 aliphatic carbocycles. The normalized spacial score (nSPS) is 10.8. The van der Waals surface area contributed by atoms with Crippen molar-refractivity contribution in [3.63, 3.8) is 0 Å². The second kappa shape index (κ2) is 25.2. The van der Waals surface area contributed by atoms with Crippen LogP contribution >= 0.6 is 0 Å². The topological polar surface area (TPSA) is 3.24 Å². The van der Waals surface area contributed by atoms with Crippen LogP contribution in [-0.4, -0.2) is 26.0 Å². The van der Waals surface area contributed by atoms with Gasteiger partial charge in [-0.15, -0.1) is 0 Å². The third-order valence-corrected chi connectivity index (χ3v) is 4.46. The minimum atomic E-state index is 1.37. The molecule has 1 heteroatoms. The SMILES string of the molecule is CCCCCCCCCCCCCCCCCCCC.CN(C)C. The van der Waals surface area contributed by atoms with Crippen LogP contribution in [0, 0.1) is 0 Å². The smallest absolute Gasteiger partial charge is 0.0140 e. The number of unbranched alkanes of at least 4 members (excludes halogenated alkanes) is 17. The van der Waals surface area contributed by atoms with Crippen molar-refractivity contribution in [2.45, 2.75) is 129 Å². The number of nitrogens with zero attached hydrogens (tertiary/aromatic N) is 1. The Labute approximate surface area is 156 Å². The minimum Gasteiger partial charge on any atom is -0.312 e. The lowest BCUT2D eigenvalue weighted by molar-refractivity contribution is 0.505. The van der Waals surface area contributed by atoms with Crippen molar-refractivity contribution in [1.82, 2.24) is 4.90 Å². The Morgan fingerprint density at radius 3 is 0.583 bits per heavy atom. The van der Waals surface area contributed by atoms with Crippen molar-refractivity contribution in [2.24, 2.45) is 0 Å². The maximum Gasteiger partial charge on any atom is -0.0140 e. The lowest BCUT2D eigenvalue weighted by Gasteiger charge is -2.03. The van der Waals surface area contributed by atoms with Gasteiger partial charge in [0, 0.05) is 0 Å². The molecule has 0 radical (unpaired) electrons. The van der Waals surface area contributed by atoms with E-state index in [2.05, 4.69) is 13.8 Å². The fourth-order valence-electron chi connectivity index (χ4n) is 2.97. The zero-order chi connectivity index (χ0) is 18.3. The van der Waals surface area contributed by atoms with E-state index in [1.54, 1.807) is 0 Å². The first kappa shape index (κ1) is 26.2. The molecule has 0 heterocycles. The van der Waals surface area contributed by atoms with Gasteiger partial charge in [0.05, 0.1) is 0 Å². The van der Waals surface area contributed by atoms with Crippen molar-refractivity contribution in [2.75, 3.05) is 21.1 Å². The van der Waals surface area contributed by atoms with Crippen LogP contribution in [-0.2, 0) is 0 Å². The van der Waals surface area contributed by atoms with Gasteiger partial charge in [0.15, 0.2) is 0 Å². The molecular weight excluding hydrogens is 290 g/mol. The van der Waals surface area contributed by atoms with E-state index in [-0.39, 0.29) is 0 Å². The van der Waals surface area contributed by atoms with E-state index >= 15 is 0 Å². The Hall–Kier alpha value is -0.0400. The van der Waals surface area contributed by atoms with Gasteiger partial charge >= 0.3 is 0 Å². The summed E-state index contributed by atoms with van der Waals surface area (Å²) in [4.78, 5) is 2.00. The summed E-state index contributed by atoms with van der Waals surface area (Å²) in [5.41, 5.74) is 0. The highest BCUT2D eigenvalue weighted by atomic mass is 15.0. The first-order valence-corrected chi connectivity index (χ1v) is 11.3. The first-order chi connectivity index (χ1) is 11.6. The van der Waals surface area contributed by atoms with Gasteiger partial charge in [0.2, 0.25) is 0 Å². The Morgan fingerprint density at radius 2 is 0.458 bits per heavy atom. The van der Waals surface area contributed by atoms with Crippen LogP contribution in [0.3, 0.4) is 0 Å². The van der Waals surface area contributed by atoms with E-state index in [1.807, 2.05) is 26.0 Å². The molecule has 0 aliphatic rings. The monoisotopic (exact) mass is 341 g/mol. The van der Waals surface area contributed by atoms with Crippen molar-refractivity contribution in [1.29, 1.82) is 0 Å². The molecule has 0 aromatic carbocycles. The molecule has 24 heavy (non-hydrogen) atoms. The first-order valence-electron chi connectivity index (χ1n) is 11.3. The van der Waals surface area contributed by atoms with Crippen LogP contribution in [0.15, 0.2) is 0 Å². The van der Waals surface area contributed by atoms with E-state index in [1.165, 1.54) is 116 Å². The van der Waals surface area contributed by atoms with Gasteiger partial charge < -0.3 is 4.90 Å². The fraction of sp³-hybridized carbons (Fsp3) is 1.00. The molecule has 0 atom stereocenters. The van der Waals surface area contributed by atoms with E-state index in [9.17, 15) is 0 Å². The highest BCUT2D eigenvalue weighted by molar-refractivity contribution is 4.50. The Morgan fingerprint density at radius 1 is 0.333 bits per heavy atom. The van der Waals surface area contributed by atoms with Crippen LogP contribution in [0.25, 0.3) is 0 Å². The molecule has 0 unspecified atom stereocenters. The number of rotatable bonds is 17. The molecule has 0 bridgehead atoms. The highest BCUT2D eigenvalue weighted by Crippen LogP contribution is 2.14. The number of hydrogen-bond acceptors (Lipinski definition) is 1. The molecule has 0 rings (SSSR count). The molecule has 0 aromatic heterocycles. The predicted molar refractivity (Wildman–Crippen MR) is 114 cm³/mol. The lowest BCUT2D eigenvalue weighted by atomic mass is 10.0. The van der Waals surface area contributed by atoms with E-state index in [4.69, 9.17) is 0 Å². The molecule has 0 fully saturated rings. The van der Waals surface area contributed by atoms with Gasteiger partial charge in [-0.1, -0.05) is 129 Å². The van der Waals surface area contributed by atoms with Gasteiger partial charge in [-0.25, -0.2) is 0 Å². The summed E-state index contributed by atoms with van der Waals surface area (Å²) in [6.07, 6.45) is 26.4. The van der Waals surface area contributed by atoms with Crippen LogP contribution in [0.1, 0.15) is 129 Å². The highest BCUT2D eigenvalue weighted by Gasteiger charge is 1.94. The standard InChI is InChI=1S/C20H42.C3H9N/c1-3-5-7-9-11-13-15-17-19-20-18-16-14-12-10-8-6-4-2;1-4(2)3/h3-20H2,1-2H3;1-3H3. The number of hydrogen-bond donors (Lipinski definition) is 0. The summed E-state index contributed by atoms with van der Waals surface area (Å²) in [5, 5.41) is 0. The molecule has 0 saturated heterocycles. The Kier molecular flexibility index (Phi) is 27.5. The summed E-state index contributed by atoms with van der Waals surface area (Å²) < 4.78 is 0. The lowest BCUT2D eigenvalue weighted by Crippen LogP contribution is -1.99. The molecule has 148 valence electrons. The molecule has 0 aliphatic heterocycles. The molecular formula is C23H51N. The third kappa shape index (κ3) is 33.5. The van der Waals surface area contributed by atoms with E-state index < -0.39 is 0 Å². The van der Waals surface area contributed by atoms with Crippen molar-refractivity contribution >= 4 is 0 Å². The quantitative estimate of drug-likeness (QED) is 0.241. The average molecular weight is 342 g/mol. The van der Waals surface area contributed by atoms with Gasteiger partial charge in [0.1, 0.15) is 0 Å².